The molecule has 0 saturated heterocycles. The van der Waals surface area contributed by atoms with Crippen molar-refractivity contribution in [1.29, 1.82) is 0 Å². The largest absolute Gasteiger partial charge is 1.00 e. The fourth-order valence-electron chi connectivity index (χ4n) is 2.75. The smallest absolute Gasteiger partial charge is 1.00 e. The third-order valence-corrected chi connectivity index (χ3v) is 4.40. The average molecular weight is 372 g/mol. The molecule has 1 aromatic carbocycles. The summed E-state index contributed by atoms with van der Waals surface area (Å²) in [5.41, 5.74) is 0.957. The Labute approximate surface area is 178 Å². The van der Waals surface area contributed by atoms with Crippen molar-refractivity contribution in [2.24, 2.45) is 0 Å². The van der Waals surface area contributed by atoms with Crippen molar-refractivity contribution in [2.45, 2.75) is 58.3 Å². The Kier molecular flexibility index (Phi) is 9.39. The molecular formula is C18H29N4NaO3. The molecule has 0 amide bonds. The normalized spacial score (nSPS) is 11.1. The molecule has 0 aliphatic carbocycles. The summed E-state index contributed by atoms with van der Waals surface area (Å²) >= 11 is 0. The number of aryl methyl sites for hydroxylation is 1. The molecule has 2 N–H and O–H groups in total. The van der Waals surface area contributed by atoms with Gasteiger partial charge in [-0.15, -0.1) is 10.2 Å². The maximum atomic E-state index is 9.91. The van der Waals surface area contributed by atoms with E-state index in [2.05, 4.69) is 41.4 Å². The minimum absolute atomic E-state index is 0. The van der Waals surface area contributed by atoms with E-state index in [1.807, 2.05) is 6.07 Å². The first-order valence-electron chi connectivity index (χ1n) is 8.74. The van der Waals surface area contributed by atoms with Crippen LogP contribution in [0.5, 0.6) is 17.2 Å². The second-order valence-corrected chi connectivity index (χ2v) is 6.76. The number of hydrogen-bond donors (Lipinski definition) is 2. The number of tetrazole rings is 1. The van der Waals surface area contributed by atoms with Gasteiger partial charge in [-0.3, -0.25) is 0 Å². The van der Waals surface area contributed by atoms with Gasteiger partial charge in [0.2, 0.25) is 0 Å². The third kappa shape index (κ3) is 6.14. The maximum absolute atomic E-state index is 9.91. The molecule has 0 spiro atoms. The molecule has 0 aliphatic rings. The molecule has 1 heterocycles. The molecule has 0 unspecified atom stereocenters. The van der Waals surface area contributed by atoms with E-state index in [-0.39, 0.29) is 42.1 Å². The summed E-state index contributed by atoms with van der Waals surface area (Å²) in [4.78, 5) is 0. The number of rotatable bonds is 10. The number of phenols is 1. The predicted molar refractivity (Wildman–Crippen MR) is 96.3 cm³/mol. The van der Waals surface area contributed by atoms with Gasteiger partial charge < -0.3 is 16.0 Å². The molecule has 0 fully saturated rings. The zero-order valence-electron chi connectivity index (χ0n) is 17.5. The molecule has 7 nitrogen and oxygen atoms in total. The monoisotopic (exact) mass is 372 g/mol. The van der Waals surface area contributed by atoms with Crippen LogP contribution >= 0.6 is 0 Å². The molecule has 1 aromatic heterocycles. The topological polar surface area (TPSA) is 93.1 Å². The molecule has 0 aliphatic heterocycles. The zero-order chi connectivity index (χ0) is 18.3. The number of methoxy groups -OCH3 is 1. The van der Waals surface area contributed by atoms with Crippen LogP contribution < -0.4 is 39.0 Å². The van der Waals surface area contributed by atoms with Crippen LogP contribution in [0.2, 0.25) is 0 Å². The van der Waals surface area contributed by atoms with Gasteiger partial charge in [0.05, 0.1) is 13.7 Å². The van der Waals surface area contributed by atoms with E-state index in [0.717, 1.165) is 49.2 Å². The summed E-state index contributed by atoms with van der Waals surface area (Å²) in [5.74, 6) is 2.07. The van der Waals surface area contributed by atoms with Crippen molar-refractivity contribution in [3.8, 4) is 17.2 Å². The summed E-state index contributed by atoms with van der Waals surface area (Å²) in [7, 11) is 1.55. The second kappa shape index (κ2) is 10.7. The predicted octanol–water partition coefficient (Wildman–Crippen LogP) is 0.510. The summed E-state index contributed by atoms with van der Waals surface area (Å²) < 4.78 is 11.0. The Morgan fingerprint density at radius 1 is 1.19 bits per heavy atom. The van der Waals surface area contributed by atoms with E-state index in [4.69, 9.17) is 9.47 Å². The number of nitrogens with zero attached hydrogens (tertiary/aromatic N) is 3. The molecule has 0 atom stereocenters. The van der Waals surface area contributed by atoms with Gasteiger partial charge in [-0.05, 0) is 30.9 Å². The van der Waals surface area contributed by atoms with Crippen molar-refractivity contribution >= 4 is 0 Å². The number of nitrogens with one attached hydrogen (secondary N) is 1. The Balaban J connectivity index is 0.00000338. The van der Waals surface area contributed by atoms with Crippen LogP contribution in [-0.2, 0) is 11.8 Å². The molecule has 2 aromatic rings. The molecule has 0 saturated carbocycles. The number of unbranched alkanes of at least 4 members (excludes halogenated alkanes) is 2. The summed E-state index contributed by atoms with van der Waals surface area (Å²) in [6, 6.07) is 3.47. The van der Waals surface area contributed by atoms with Crippen LogP contribution in [0.25, 0.3) is 0 Å². The van der Waals surface area contributed by atoms with E-state index in [1.165, 1.54) is 0 Å². The molecule has 0 radical (unpaired) electrons. The standard InChI is InChI=1S/C18H28N4O3.Na.H/c1-5-13-11-16(24-4)14(23)12-15(13)25-10-8-6-7-9-18(2,3)17-19-21-22-20-17;;/h11-12,23H,5-10H2,1-4H3,(H,19,20,21,22);;/q;+1;-1. The van der Waals surface area contributed by atoms with Gasteiger partial charge in [-0.2, -0.15) is 5.21 Å². The number of ether oxygens (including phenoxy) is 2. The molecule has 8 heteroatoms. The van der Waals surface area contributed by atoms with Crippen LogP contribution in [0.15, 0.2) is 12.1 Å². The van der Waals surface area contributed by atoms with E-state index in [0.29, 0.717) is 12.4 Å². The number of phenolic OH excluding ortho intramolecular Hbond substituents is 1. The van der Waals surface area contributed by atoms with Crippen LogP contribution in [0.3, 0.4) is 0 Å². The molecule has 140 valence electrons. The maximum Gasteiger partial charge on any atom is 1.00 e. The number of aromatic hydroxyl groups is 1. The second-order valence-electron chi connectivity index (χ2n) is 6.76. The minimum atomic E-state index is -0.0784. The fraction of sp³-hybridized carbons (Fsp3) is 0.611. The van der Waals surface area contributed by atoms with Crippen molar-refractivity contribution in [3.63, 3.8) is 0 Å². The van der Waals surface area contributed by atoms with Crippen LogP contribution in [0.1, 0.15) is 59.3 Å². The summed E-state index contributed by atoms with van der Waals surface area (Å²) in [6.45, 7) is 6.93. The summed E-state index contributed by atoms with van der Waals surface area (Å²) in [5, 5.41) is 24.2. The Bertz CT molecular complexity index is 669. The van der Waals surface area contributed by atoms with E-state index in [1.54, 1.807) is 13.2 Å². The Hall–Kier alpha value is -1.31. The van der Waals surface area contributed by atoms with Gasteiger partial charge in [0, 0.05) is 11.5 Å². The number of benzene rings is 1. The first-order valence-corrected chi connectivity index (χ1v) is 8.74. The molecule has 0 bridgehead atoms. The number of aromatic amines is 1. The van der Waals surface area contributed by atoms with Crippen molar-refractivity contribution < 1.29 is 45.6 Å². The number of aromatic nitrogens is 4. The average Bonchev–Trinajstić information content (AvgIpc) is 3.13. The van der Waals surface area contributed by atoms with Gasteiger partial charge in [-0.1, -0.05) is 38.8 Å². The van der Waals surface area contributed by atoms with Gasteiger partial charge in [-0.25, -0.2) is 0 Å². The van der Waals surface area contributed by atoms with E-state index >= 15 is 0 Å². The molecule has 2 rings (SSSR count). The SMILES string of the molecule is CCc1cc(OC)c(O)cc1OCCCCCC(C)(C)c1nn[nH]n1.[H-].[Na+]. The van der Waals surface area contributed by atoms with Gasteiger partial charge >= 0.3 is 29.6 Å². The van der Waals surface area contributed by atoms with Crippen molar-refractivity contribution in [1.82, 2.24) is 20.6 Å². The minimum Gasteiger partial charge on any atom is -1.00 e. The first kappa shape index (κ1) is 22.7. The van der Waals surface area contributed by atoms with Crippen LogP contribution in [-0.4, -0.2) is 39.4 Å². The van der Waals surface area contributed by atoms with Crippen LogP contribution in [0.4, 0.5) is 0 Å². The van der Waals surface area contributed by atoms with Gasteiger partial charge in [0.25, 0.3) is 0 Å². The zero-order valence-corrected chi connectivity index (χ0v) is 18.5. The number of hydrogen-bond acceptors (Lipinski definition) is 6. The fourth-order valence-corrected chi connectivity index (χ4v) is 2.75. The Morgan fingerprint density at radius 3 is 2.58 bits per heavy atom. The van der Waals surface area contributed by atoms with Crippen molar-refractivity contribution in [3.05, 3.63) is 23.5 Å². The molecular weight excluding hydrogens is 343 g/mol. The number of H-pyrrole nitrogens is 1. The Morgan fingerprint density at radius 2 is 1.96 bits per heavy atom. The van der Waals surface area contributed by atoms with E-state index in [9.17, 15) is 5.11 Å². The van der Waals surface area contributed by atoms with Gasteiger partial charge in [0.15, 0.2) is 17.3 Å². The van der Waals surface area contributed by atoms with Crippen LogP contribution in [0, 0.1) is 0 Å². The van der Waals surface area contributed by atoms with E-state index < -0.39 is 0 Å². The molecule has 26 heavy (non-hydrogen) atoms. The summed E-state index contributed by atoms with van der Waals surface area (Å²) in [6.07, 6.45) is 4.91. The first-order chi connectivity index (χ1) is 12.0. The van der Waals surface area contributed by atoms with Gasteiger partial charge in [0.1, 0.15) is 5.75 Å². The van der Waals surface area contributed by atoms with Crippen molar-refractivity contribution in [2.75, 3.05) is 13.7 Å². The quantitative estimate of drug-likeness (QED) is 0.466. The third-order valence-electron chi connectivity index (χ3n) is 4.40.